The Labute approximate surface area is 166 Å². The van der Waals surface area contributed by atoms with Crippen LogP contribution in [0, 0.1) is 6.92 Å². The first kappa shape index (κ1) is 17.9. The van der Waals surface area contributed by atoms with E-state index in [0.717, 1.165) is 16.3 Å². The first-order valence-corrected chi connectivity index (χ1v) is 9.85. The Kier molecular flexibility index (Phi) is 4.58. The SMILES string of the molecule is Cc1c(/C=C2\CSc3ccc(Cl)cc3C2=O)c(=O)n(-c2ccccc2)n1C. The fourth-order valence-corrected chi connectivity index (χ4v) is 4.41. The molecule has 0 N–H and O–H groups in total. The van der Waals surface area contributed by atoms with E-state index in [0.29, 0.717) is 27.5 Å². The Balaban J connectivity index is 1.82. The number of hydrogen-bond donors (Lipinski definition) is 0. The standard InChI is InChI=1S/C21H17ClN2O2S/c1-13-17(21(26)24(23(13)2)16-6-4-3-5-7-16)10-14-12-27-19-9-8-15(22)11-18(19)20(14)25/h3-11H,12H2,1-2H3/b14-10+. The number of aromatic nitrogens is 2. The molecule has 6 heteroatoms. The van der Waals surface area contributed by atoms with Crippen molar-refractivity contribution in [1.82, 2.24) is 9.36 Å². The van der Waals surface area contributed by atoms with Crippen molar-refractivity contribution in [3.05, 3.63) is 86.3 Å². The van der Waals surface area contributed by atoms with E-state index >= 15 is 0 Å². The van der Waals surface area contributed by atoms with Gasteiger partial charge >= 0.3 is 0 Å². The lowest BCUT2D eigenvalue weighted by atomic mass is 10.0. The molecule has 0 fully saturated rings. The number of ketones is 1. The second-order valence-electron chi connectivity index (χ2n) is 6.40. The summed E-state index contributed by atoms with van der Waals surface area (Å²) in [4.78, 5) is 26.9. The number of fused-ring (bicyclic) bond motifs is 1. The molecule has 1 aromatic heterocycles. The van der Waals surface area contributed by atoms with Crippen molar-refractivity contribution >= 4 is 35.2 Å². The van der Waals surface area contributed by atoms with E-state index in [4.69, 9.17) is 11.6 Å². The van der Waals surface area contributed by atoms with Crippen LogP contribution in [-0.2, 0) is 7.05 Å². The number of benzene rings is 2. The molecule has 0 atom stereocenters. The molecule has 3 aromatic rings. The molecule has 2 heterocycles. The molecule has 0 saturated heterocycles. The van der Waals surface area contributed by atoms with E-state index in [9.17, 15) is 9.59 Å². The molecule has 0 spiro atoms. The summed E-state index contributed by atoms with van der Waals surface area (Å²) in [5, 5.41) is 0.534. The van der Waals surface area contributed by atoms with Gasteiger partial charge in [-0.3, -0.25) is 14.3 Å². The second-order valence-corrected chi connectivity index (χ2v) is 7.86. The number of carbonyl (C=O) groups is 1. The minimum absolute atomic E-state index is 0.0693. The van der Waals surface area contributed by atoms with Gasteiger partial charge in [0.25, 0.3) is 5.56 Å². The Morgan fingerprint density at radius 3 is 2.59 bits per heavy atom. The minimum atomic E-state index is -0.136. The van der Waals surface area contributed by atoms with Crippen molar-refractivity contribution < 1.29 is 4.79 Å². The van der Waals surface area contributed by atoms with Crippen LogP contribution in [0.4, 0.5) is 0 Å². The van der Waals surface area contributed by atoms with Gasteiger partial charge in [0.2, 0.25) is 0 Å². The van der Waals surface area contributed by atoms with Gasteiger partial charge < -0.3 is 0 Å². The molecule has 4 nitrogen and oxygen atoms in total. The molecular weight excluding hydrogens is 380 g/mol. The zero-order chi connectivity index (χ0) is 19.1. The summed E-state index contributed by atoms with van der Waals surface area (Å²) in [7, 11) is 1.85. The number of para-hydroxylation sites is 1. The van der Waals surface area contributed by atoms with Crippen LogP contribution < -0.4 is 5.56 Å². The van der Waals surface area contributed by atoms with Crippen molar-refractivity contribution in [2.45, 2.75) is 11.8 Å². The van der Waals surface area contributed by atoms with Crippen LogP contribution in [-0.4, -0.2) is 20.9 Å². The van der Waals surface area contributed by atoms with Crippen molar-refractivity contribution in [1.29, 1.82) is 0 Å². The number of carbonyl (C=O) groups excluding carboxylic acids is 1. The summed E-state index contributed by atoms with van der Waals surface area (Å²) in [6.07, 6.45) is 1.73. The van der Waals surface area contributed by atoms with Gasteiger partial charge in [-0.2, -0.15) is 0 Å². The van der Waals surface area contributed by atoms with E-state index in [1.807, 2.05) is 55.1 Å². The first-order valence-electron chi connectivity index (χ1n) is 8.49. The highest BCUT2D eigenvalue weighted by Crippen LogP contribution is 2.35. The van der Waals surface area contributed by atoms with Crippen LogP contribution in [0.3, 0.4) is 0 Å². The third kappa shape index (κ3) is 3.07. The van der Waals surface area contributed by atoms with Crippen LogP contribution in [0.25, 0.3) is 11.8 Å². The third-order valence-electron chi connectivity index (χ3n) is 4.78. The van der Waals surface area contributed by atoms with Gasteiger partial charge in [-0.15, -0.1) is 11.8 Å². The predicted octanol–water partition coefficient (Wildman–Crippen LogP) is 4.51. The van der Waals surface area contributed by atoms with Gasteiger partial charge in [-0.1, -0.05) is 29.8 Å². The summed E-state index contributed by atoms with van der Waals surface area (Å²) < 4.78 is 3.43. The topological polar surface area (TPSA) is 44.0 Å². The quantitative estimate of drug-likeness (QED) is 0.598. The van der Waals surface area contributed by atoms with Gasteiger partial charge in [0.1, 0.15) is 0 Å². The maximum atomic E-state index is 13.0. The zero-order valence-corrected chi connectivity index (χ0v) is 16.5. The number of nitrogens with zero attached hydrogens (tertiary/aromatic N) is 2. The van der Waals surface area contributed by atoms with Crippen molar-refractivity contribution in [2.75, 3.05) is 5.75 Å². The molecule has 4 rings (SSSR count). The van der Waals surface area contributed by atoms with E-state index in [1.165, 1.54) is 0 Å². The smallest absolute Gasteiger partial charge is 0.278 e. The lowest BCUT2D eigenvalue weighted by molar-refractivity contribution is 0.103. The second kappa shape index (κ2) is 6.91. The largest absolute Gasteiger partial charge is 0.289 e. The molecule has 0 unspecified atom stereocenters. The van der Waals surface area contributed by atoms with Crippen LogP contribution >= 0.6 is 23.4 Å². The normalized spacial score (nSPS) is 15.2. The van der Waals surface area contributed by atoms with E-state index in [-0.39, 0.29) is 11.3 Å². The van der Waals surface area contributed by atoms with Crippen molar-refractivity contribution in [3.8, 4) is 5.69 Å². The van der Waals surface area contributed by atoms with Crippen molar-refractivity contribution in [2.24, 2.45) is 7.05 Å². The summed E-state index contributed by atoms with van der Waals surface area (Å²) in [6, 6.07) is 14.8. The first-order chi connectivity index (χ1) is 13.0. The Morgan fingerprint density at radius 2 is 1.85 bits per heavy atom. The fourth-order valence-electron chi connectivity index (χ4n) is 3.24. The molecule has 0 bridgehead atoms. The number of halogens is 1. The number of Topliss-reactive ketones (excluding diaryl/α,β-unsaturated/α-hetero) is 1. The van der Waals surface area contributed by atoms with Crippen LogP contribution in [0.1, 0.15) is 21.6 Å². The van der Waals surface area contributed by atoms with Gasteiger partial charge in [0, 0.05) is 39.5 Å². The van der Waals surface area contributed by atoms with Gasteiger partial charge in [0.05, 0.1) is 11.3 Å². The molecule has 1 aliphatic rings. The summed E-state index contributed by atoms with van der Waals surface area (Å²) in [5.41, 5.74) is 3.21. The highest BCUT2D eigenvalue weighted by Gasteiger charge is 2.24. The average Bonchev–Trinajstić information content (AvgIpc) is 2.88. The highest BCUT2D eigenvalue weighted by molar-refractivity contribution is 7.99. The molecule has 1 aliphatic heterocycles. The molecule has 2 aromatic carbocycles. The lowest BCUT2D eigenvalue weighted by Crippen LogP contribution is -2.20. The fraction of sp³-hybridized carbons (Fsp3) is 0.143. The predicted molar refractivity (Wildman–Crippen MR) is 110 cm³/mol. The highest BCUT2D eigenvalue weighted by atomic mass is 35.5. The monoisotopic (exact) mass is 396 g/mol. The molecule has 27 heavy (non-hydrogen) atoms. The summed E-state index contributed by atoms with van der Waals surface area (Å²) in [6.45, 7) is 1.89. The zero-order valence-electron chi connectivity index (χ0n) is 14.9. The molecule has 136 valence electrons. The minimum Gasteiger partial charge on any atom is -0.289 e. The maximum Gasteiger partial charge on any atom is 0.278 e. The lowest BCUT2D eigenvalue weighted by Gasteiger charge is -2.17. The Hall–Kier alpha value is -2.50. The average molecular weight is 397 g/mol. The Bertz CT molecular complexity index is 1140. The van der Waals surface area contributed by atoms with Crippen molar-refractivity contribution in [3.63, 3.8) is 0 Å². The number of hydrogen-bond acceptors (Lipinski definition) is 3. The van der Waals surface area contributed by atoms with Crippen LogP contribution in [0.2, 0.25) is 5.02 Å². The molecule has 0 radical (unpaired) electrons. The van der Waals surface area contributed by atoms with Crippen LogP contribution in [0.5, 0.6) is 0 Å². The molecule has 0 aliphatic carbocycles. The van der Waals surface area contributed by atoms with Gasteiger partial charge in [-0.25, -0.2) is 4.68 Å². The summed E-state index contributed by atoms with van der Waals surface area (Å²) >= 11 is 7.64. The van der Waals surface area contributed by atoms with Crippen LogP contribution in [0.15, 0.2) is 63.8 Å². The number of rotatable bonds is 2. The van der Waals surface area contributed by atoms with Gasteiger partial charge in [0.15, 0.2) is 5.78 Å². The third-order valence-corrected chi connectivity index (χ3v) is 6.14. The molecule has 0 saturated carbocycles. The molecular formula is C21H17ClN2O2S. The van der Waals surface area contributed by atoms with E-state index < -0.39 is 0 Å². The van der Waals surface area contributed by atoms with Gasteiger partial charge in [-0.05, 0) is 43.3 Å². The molecule has 0 amide bonds. The van der Waals surface area contributed by atoms with E-state index in [1.54, 1.807) is 34.7 Å². The van der Waals surface area contributed by atoms with E-state index in [2.05, 4.69) is 0 Å². The maximum absolute atomic E-state index is 13.0. The Morgan fingerprint density at radius 1 is 1.11 bits per heavy atom. The number of thioether (sulfide) groups is 1. The summed E-state index contributed by atoms with van der Waals surface area (Å²) in [5.74, 6) is 0.465.